The van der Waals surface area contributed by atoms with Gasteiger partial charge in [-0.15, -0.1) is 0 Å². The Bertz CT molecular complexity index is 614. The highest BCUT2D eigenvalue weighted by Gasteiger charge is 2.35. The molecule has 1 saturated heterocycles. The summed E-state index contributed by atoms with van der Waals surface area (Å²) in [7, 11) is 1.79. The predicted octanol–water partition coefficient (Wildman–Crippen LogP) is -1.52. The van der Waals surface area contributed by atoms with E-state index in [-0.39, 0.29) is 6.61 Å². The highest BCUT2D eigenvalue weighted by Crippen LogP contribution is 2.30. The summed E-state index contributed by atoms with van der Waals surface area (Å²) >= 11 is 0. The largest absolute Gasteiger partial charge is 0.394 e. The number of nitrogens with two attached hydrogens (primary N) is 1. The van der Waals surface area contributed by atoms with Crippen LogP contribution in [0.3, 0.4) is 0 Å². The number of nitrogens with zero attached hydrogens (tertiary/aromatic N) is 4. The molecule has 0 aliphatic carbocycles. The van der Waals surface area contributed by atoms with E-state index in [0.29, 0.717) is 23.4 Å². The number of aromatic nitrogens is 4. The van der Waals surface area contributed by atoms with E-state index in [4.69, 9.17) is 15.6 Å². The summed E-state index contributed by atoms with van der Waals surface area (Å²) in [6.45, 7) is -0.213. The van der Waals surface area contributed by atoms with E-state index in [1.807, 2.05) is 0 Å². The van der Waals surface area contributed by atoms with Gasteiger partial charge in [-0.25, -0.2) is 9.55 Å². The molecule has 2 aromatic rings. The van der Waals surface area contributed by atoms with Gasteiger partial charge in [0.1, 0.15) is 18.7 Å². The van der Waals surface area contributed by atoms with Crippen LogP contribution in [0.1, 0.15) is 12.6 Å². The summed E-state index contributed by atoms with van der Waals surface area (Å²) < 4.78 is 8.99. The smallest absolute Gasteiger partial charge is 0.250 e. The van der Waals surface area contributed by atoms with Crippen LogP contribution in [0.25, 0.3) is 11.2 Å². The Morgan fingerprint density at radius 3 is 3.05 bits per heavy atom. The minimum absolute atomic E-state index is 0.213. The zero-order valence-corrected chi connectivity index (χ0v) is 10.5. The summed E-state index contributed by atoms with van der Waals surface area (Å²) in [5.74, 6) is 0.515. The van der Waals surface area contributed by atoms with Crippen LogP contribution in [-0.4, -0.2) is 43.6 Å². The van der Waals surface area contributed by atoms with Crippen LogP contribution in [0.15, 0.2) is 12.7 Å². The Kier molecular flexibility index (Phi) is 2.85. The molecular formula is C11H16N5O3+. The molecule has 0 aromatic carbocycles. The predicted molar refractivity (Wildman–Crippen MR) is 64.7 cm³/mol. The number of nitrogen functional groups attached to an aromatic ring is 1. The highest BCUT2D eigenvalue weighted by atomic mass is 16.5. The second-order valence-electron chi connectivity index (χ2n) is 4.68. The van der Waals surface area contributed by atoms with Crippen molar-refractivity contribution < 1.29 is 19.5 Å². The molecule has 0 amide bonds. The van der Waals surface area contributed by atoms with Crippen LogP contribution in [0.2, 0.25) is 0 Å². The summed E-state index contributed by atoms with van der Waals surface area (Å²) in [6, 6.07) is 0. The molecule has 19 heavy (non-hydrogen) atoms. The van der Waals surface area contributed by atoms with E-state index in [1.54, 1.807) is 28.8 Å². The van der Waals surface area contributed by atoms with Crippen molar-refractivity contribution in [1.29, 1.82) is 0 Å². The van der Waals surface area contributed by atoms with Crippen molar-refractivity contribution >= 4 is 17.0 Å². The summed E-state index contributed by atoms with van der Waals surface area (Å²) in [5, 5.41) is 18.9. The molecule has 102 valence electrons. The Hall–Kier alpha value is -1.77. The van der Waals surface area contributed by atoms with Crippen LogP contribution >= 0.6 is 0 Å². The number of hydrogen-bond acceptors (Lipinski definition) is 6. The second-order valence-corrected chi connectivity index (χ2v) is 4.68. The zero-order valence-electron chi connectivity index (χ0n) is 10.5. The molecule has 0 radical (unpaired) electrons. The molecule has 3 rings (SSSR count). The molecule has 8 heteroatoms. The fourth-order valence-electron chi connectivity index (χ4n) is 2.29. The molecule has 4 N–H and O–H groups in total. The number of rotatable bonds is 2. The van der Waals surface area contributed by atoms with Crippen LogP contribution < -0.4 is 10.3 Å². The topological polar surface area (TPSA) is 110 Å². The molecule has 8 nitrogen and oxygen atoms in total. The maximum atomic E-state index is 9.76. The lowest BCUT2D eigenvalue weighted by molar-refractivity contribution is -0.658. The maximum Gasteiger partial charge on any atom is 0.250 e. The third-order valence-corrected chi connectivity index (χ3v) is 3.44. The molecule has 0 unspecified atom stereocenters. The van der Waals surface area contributed by atoms with Gasteiger partial charge in [0, 0.05) is 6.42 Å². The third kappa shape index (κ3) is 1.84. The van der Waals surface area contributed by atoms with Crippen molar-refractivity contribution in [2.75, 3.05) is 12.3 Å². The van der Waals surface area contributed by atoms with Crippen molar-refractivity contribution in [3.8, 4) is 0 Å². The fraction of sp³-hybridized carbons (Fsp3) is 0.545. The fourth-order valence-corrected chi connectivity index (χ4v) is 2.29. The van der Waals surface area contributed by atoms with Gasteiger partial charge in [-0.3, -0.25) is 4.57 Å². The number of aliphatic hydroxyl groups excluding tert-OH is 2. The van der Waals surface area contributed by atoms with E-state index in [2.05, 4.69) is 9.97 Å². The number of aliphatic hydroxyl groups is 2. The minimum Gasteiger partial charge on any atom is -0.394 e. The molecule has 0 bridgehead atoms. The first kappa shape index (κ1) is 12.3. The quantitative estimate of drug-likeness (QED) is 0.569. The SMILES string of the molecule is C[n+]1cnc2c(ncn2[C@H]2C[C@H](O)[C@@H](CO)O2)c1N. The number of imidazole rings is 1. The van der Waals surface area contributed by atoms with E-state index in [1.165, 1.54) is 0 Å². The summed E-state index contributed by atoms with van der Waals surface area (Å²) in [4.78, 5) is 8.51. The number of aryl methyl sites for hydroxylation is 1. The van der Waals surface area contributed by atoms with Gasteiger partial charge in [0.15, 0.2) is 5.52 Å². The molecule has 0 saturated carbocycles. The van der Waals surface area contributed by atoms with Crippen molar-refractivity contribution in [3.05, 3.63) is 12.7 Å². The van der Waals surface area contributed by atoms with E-state index in [9.17, 15) is 5.11 Å². The lowest BCUT2D eigenvalue weighted by Gasteiger charge is -2.12. The van der Waals surface area contributed by atoms with Crippen LogP contribution in [-0.2, 0) is 11.8 Å². The van der Waals surface area contributed by atoms with Crippen molar-refractivity contribution in [1.82, 2.24) is 14.5 Å². The molecule has 1 fully saturated rings. The Labute approximate surface area is 109 Å². The number of ether oxygens (including phenoxy) is 1. The monoisotopic (exact) mass is 266 g/mol. The summed E-state index contributed by atoms with van der Waals surface area (Å²) in [5.41, 5.74) is 7.12. The summed E-state index contributed by atoms with van der Waals surface area (Å²) in [6.07, 6.45) is 1.93. The van der Waals surface area contributed by atoms with Crippen molar-refractivity contribution in [2.45, 2.75) is 24.9 Å². The van der Waals surface area contributed by atoms with Gasteiger partial charge in [-0.2, -0.15) is 0 Å². The molecule has 1 aliphatic heterocycles. The van der Waals surface area contributed by atoms with Crippen LogP contribution in [0.5, 0.6) is 0 Å². The molecule has 1 aliphatic rings. The van der Waals surface area contributed by atoms with Gasteiger partial charge < -0.3 is 20.7 Å². The molecule has 3 atom stereocenters. The van der Waals surface area contributed by atoms with Crippen molar-refractivity contribution in [2.24, 2.45) is 7.05 Å². The third-order valence-electron chi connectivity index (χ3n) is 3.44. The lowest BCUT2D eigenvalue weighted by Crippen LogP contribution is -2.32. The first-order valence-electron chi connectivity index (χ1n) is 6.03. The average molecular weight is 266 g/mol. The van der Waals surface area contributed by atoms with Crippen molar-refractivity contribution in [3.63, 3.8) is 0 Å². The minimum atomic E-state index is -0.690. The van der Waals surface area contributed by atoms with Gasteiger partial charge in [0.25, 0.3) is 5.82 Å². The Morgan fingerprint density at radius 2 is 2.37 bits per heavy atom. The number of hydrogen-bond donors (Lipinski definition) is 3. The number of anilines is 1. The van der Waals surface area contributed by atoms with Crippen LogP contribution in [0.4, 0.5) is 5.82 Å². The first-order chi connectivity index (χ1) is 9.11. The van der Waals surface area contributed by atoms with E-state index >= 15 is 0 Å². The maximum absolute atomic E-state index is 9.76. The molecule has 0 spiro atoms. The van der Waals surface area contributed by atoms with E-state index < -0.39 is 18.4 Å². The van der Waals surface area contributed by atoms with Gasteiger partial charge >= 0.3 is 0 Å². The Morgan fingerprint density at radius 1 is 1.58 bits per heavy atom. The van der Waals surface area contributed by atoms with Crippen LogP contribution in [0, 0.1) is 0 Å². The zero-order chi connectivity index (χ0) is 13.6. The van der Waals surface area contributed by atoms with E-state index in [0.717, 1.165) is 0 Å². The van der Waals surface area contributed by atoms with Gasteiger partial charge in [-0.1, -0.05) is 4.98 Å². The van der Waals surface area contributed by atoms with Gasteiger partial charge in [0.05, 0.1) is 19.8 Å². The Balaban J connectivity index is 2.01. The molecular weight excluding hydrogens is 250 g/mol. The second kappa shape index (κ2) is 4.41. The highest BCUT2D eigenvalue weighted by molar-refractivity contribution is 5.79. The number of fused-ring (bicyclic) bond motifs is 1. The molecule has 3 heterocycles. The van der Waals surface area contributed by atoms with Gasteiger partial charge in [-0.05, 0) is 0 Å². The lowest BCUT2D eigenvalue weighted by atomic mass is 10.2. The standard InChI is InChI=1S/C11H15N5O3/c1-15-4-14-11-9(10(15)12)13-5-16(11)8-2-6(18)7(3-17)19-8/h4-8,12,17-18H,2-3H2,1H3/p+1/t6-,7+,8+/m0/s1. The first-order valence-corrected chi connectivity index (χ1v) is 6.03. The molecule has 2 aromatic heterocycles. The van der Waals surface area contributed by atoms with Gasteiger partial charge in [0.2, 0.25) is 12.0 Å². The average Bonchev–Trinajstić information content (AvgIpc) is 2.97. The normalized spacial score (nSPS) is 27.2.